The second-order valence-electron chi connectivity index (χ2n) is 7.29. The van der Waals surface area contributed by atoms with Crippen molar-refractivity contribution in [3.05, 3.63) is 69.2 Å². The van der Waals surface area contributed by atoms with Crippen molar-refractivity contribution in [2.45, 2.75) is 53.1 Å². The Morgan fingerprint density at radius 3 is 2.21 bits per heavy atom. The fraction of sp³-hybridized carbons (Fsp3) is 0.391. The van der Waals surface area contributed by atoms with Crippen molar-refractivity contribution in [3.8, 4) is 0 Å². The number of aryl methyl sites for hydroxylation is 2. The second kappa shape index (κ2) is 10.4. The van der Waals surface area contributed by atoms with E-state index in [9.17, 15) is 9.59 Å². The zero-order valence-electron chi connectivity index (χ0n) is 17.1. The highest BCUT2D eigenvalue weighted by Gasteiger charge is 2.26. The van der Waals surface area contributed by atoms with E-state index in [4.69, 9.17) is 0 Å². The maximum Gasteiger partial charge on any atom is 0.242 e. The number of carbonyl (C=O) groups is 2. The van der Waals surface area contributed by atoms with Gasteiger partial charge in [0.25, 0.3) is 0 Å². The van der Waals surface area contributed by atoms with Crippen LogP contribution in [-0.4, -0.2) is 29.3 Å². The van der Waals surface area contributed by atoms with Crippen LogP contribution in [0.2, 0.25) is 0 Å². The van der Waals surface area contributed by atoms with Crippen LogP contribution in [0.15, 0.2) is 46.9 Å². The Morgan fingerprint density at radius 2 is 1.64 bits per heavy atom. The molecule has 0 heterocycles. The van der Waals surface area contributed by atoms with Crippen molar-refractivity contribution in [3.63, 3.8) is 0 Å². The largest absolute Gasteiger partial charge is 0.354 e. The van der Waals surface area contributed by atoms with Crippen LogP contribution in [0.5, 0.6) is 0 Å². The average molecular weight is 445 g/mol. The van der Waals surface area contributed by atoms with E-state index in [2.05, 4.69) is 27.3 Å². The zero-order chi connectivity index (χ0) is 20.7. The molecule has 4 nitrogen and oxygen atoms in total. The van der Waals surface area contributed by atoms with Crippen LogP contribution < -0.4 is 5.32 Å². The summed E-state index contributed by atoms with van der Waals surface area (Å²) >= 11 is 3.43. The Kier molecular flexibility index (Phi) is 8.24. The molecule has 150 valence electrons. The third kappa shape index (κ3) is 6.48. The van der Waals surface area contributed by atoms with Gasteiger partial charge >= 0.3 is 0 Å². The number of rotatable bonds is 8. The summed E-state index contributed by atoms with van der Waals surface area (Å²) in [5.41, 5.74) is 4.24. The zero-order valence-corrected chi connectivity index (χ0v) is 18.7. The smallest absolute Gasteiger partial charge is 0.242 e. The molecule has 2 rings (SSSR count). The second-order valence-corrected chi connectivity index (χ2v) is 8.20. The van der Waals surface area contributed by atoms with Crippen molar-refractivity contribution < 1.29 is 9.59 Å². The molecule has 0 fully saturated rings. The van der Waals surface area contributed by atoms with E-state index in [1.807, 2.05) is 57.2 Å². The molecule has 0 saturated heterocycles. The molecule has 0 saturated carbocycles. The van der Waals surface area contributed by atoms with Crippen LogP contribution >= 0.6 is 15.9 Å². The number of carbonyl (C=O) groups excluding carboxylic acids is 2. The summed E-state index contributed by atoms with van der Waals surface area (Å²) in [5, 5.41) is 2.90. The minimum atomic E-state index is -0.534. The third-order valence-corrected chi connectivity index (χ3v) is 5.15. The van der Waals surface area contributed by atoms with E-state index in [1.54, 1.807) is 11.8 Å². The number of nitrogens with one attached hydrogen (secondary N) is 1. The van der Waals surface area contributed by atoms with E-state index in [0.717, 1.165) is 33.1 Å². The molecule has 2 amide bonds. The van der Waals surface area contributed by atoms with E-state index in [-0.39, 0.29) is 18.2 Å². The van der Waals surface area contributed by atoms with Gasteiger partial charge in [-0.15, -0.1) is 0 Å². The average Bonchev–Trinajstić information content (AvgIpc) is 2.64. The first-order valence-corrected chi connectivity index (χ1v) is 10.5. The number of halogens is 1. The third-order valence-electron chi connectivity index (χ3n) is 4.62. The van der Waals surface area contributed by atoms with Gasteiger partial charge in [0.1, 0.15) is 6.04 Å². The maximum absolute atomic E-state index is 13.2. The lowest BCUT2D eigenvalue weighted by atomic mass is 10.0. The lowest BCUT2D eigenvalue weighted by molar-refractivity contribution is -0.140. The van der Waals surface area contributed by atoms with E-state index in [1.165, 1.54) is 0 Å². The fourth-order valence-electron chi connectivity index (χ4n) is 3.21. The van der Waals surface area contributed by atoms with Crippen molar-refractivity contribution >= 4 is 27.7 Å². The molecule has 1 atom stereocenters. The summed E-state index contributed by atoms with van der Waals surface area (Å²) < 4.78 is 0.984. The highest BCUT2D eigenvalue weighted by atomic mass is 79.9. The first kappa shape index (κ1) is 22.2. The fourth-order valence-corrected chi connectivity index (χ4v) is 3.48. The van der Waals surface area contributed by atoms with Crippen LogP contribution in [-0.2, 0) is 22.6 Å². The summed E-state index contributed by atoms with van der Waals surface area (Å²) in [7, 11) is 0. The number of benzene rings is 2. The van der Waals surface area contributed by atoms with Crippen LogP contribution in [0.1, 0.15) is 42.5 Å². The number of hydrogen-bond acceptors (Lipinski definition) is 2. The quantitative estimate of drug-likeness (QED) is 0.648. The molecule has 0 spiro atoms. The van der Waals surface area contributed by atoms with Crippen LogP contribution in [0.4, 0.5) is 0 Å². The Labute approximate surface area is 176 Å². The van der Waals surface area contributed by atoms with Gasteiger partial charge in [0, 0.05) is 17.6 Å². The van der Waals surface area contributed by atoms with Gasteiger partial charge in [-0.3, -0.25) is 9.59 Å². The van der Waals surface area contributed by atoms with Crippen molar-refractivity contribution in [1.29, 1.82) is 0 Å². The molecule has 0 aliphatic carbocycles. The first-order chi connectivity index (χ1) is 13.3. The molecule has 0 aromatic heterocycles. The minimum absolute atomic E-state index is 0.0490. The van der Waals surface area contributed by atoms with Crippen molar-refractivity contribution in [1.82, 2.24) is 10.2 Å². The first-order valence-electron chi connectivity index (χ1n) is 9.69. The molecule has 0 radical (unpaired) electrons. The van der Waals surface area contributed by atoms with Gasteiger partial charge < -0.3 is 10.2 Å². The van der Waals surface area contributed by atoms with Gasteiger partial charge in [0.2, 0.25) is 11.8 Å². The molecule has 0 bridgehead atoms. The maximum atomic E-state index is 13.2. The molecule has 0 aliphatic rings. The number of amides is 2. The van der Waals surface area contributed by atoms with Gasteiger partial charge in [-0.1, -0.05) is 64.3 Å². The Balaban J connectivity index is 2.23. The highest BCUT2D eigenvalue weighted by molar-refractivity contribution is 9.10. The minimum Gasteiger partial charge on any atom is -0.354 e. The molecule has 1 N–H and O–H groups in total. The number of hydrogen-bond donors (Lipinski definition) is 1. The van der Waals surface area contributed by atoms with Crippen molar-refractivity contribution in [2.24, 2.45) is 0 Å². The summed E-state index contributed by atoms with van der Waals surface area (Å²) in [5.74, 6) is -0.167. The summed E-state index contributed by atoms with van der Waals surface area (Å²) in [6.45, 7) is 8.87. The van der Waals surface area contributed by atoms with E-state index < -0.39 is 6.04 Å². The summed E-state index contributed by atoms with van der Waals surface area (Å²) in [6.07, 6.45) is 1.14. The van der Waals surface area contributed by atoms with E-state index in [0.29, 0.717) is 13.1 Å². The van der Waals surface area contributed by atoms with Gasteiger partial charge in [0.05, 0.1) is 6.42 Å². The molecular formula is C23H29BrN2O2. The molecule has 5 heteroatoms. The Hall–Kier alpha value is -2.14. The van der Waals surface area contributed by atoms with Gasteiger partial charge in [-0.25, -0.2) is 0 Å². The van der Waals surface area contributed by atoms with E-state index >= 15 is 0 Å². The molecule has 1 unspecified atom stereocenters. The van der Waals surface area contributed by atoms with Gasteiger partial charge in [-0.05, 0) is 50.5 Å². The topological polar surface area (TPSA) is 49.4 Å². The van der Waals surface area contributed by atoms with Gasteiger partial charge in [0.15, 0.2) is 0 Å². The summed E-state index contributed by atoms with van der Waals surface area (Å²) in [4.78, 5) is 27.4. The molecule has 0 aliphatic heterocycles. The molecular weight excluding hydrogens is 416 g/mol. The molecule has 2 aromatic carbocycles. The highest BCUT2D eigenvalue weighted by Crippen LogP contribution is 2.16. The van der Waals surface area contributed by atoms with Crippen LogP contribution in [0, 0.1) is 13.8 Å². The molecule has 28 heavy (non-hydrogen) atoms. The number of nitrogens with zero attached hydrogens (tertiary/aromatic N) is 1. The van der Waals surface area contributed by atoms with Crippen molar-refractivity contribution in [2.75, 3.05) is 6.54 Å². The molecule has 2 aromatic rings. The predicted octanol–water partition coefficient (Wildman–Crippen LogP) is 4.55. The predicted molar refractivity (Wildman–Crippen MR) is 117 cm³/mol. The summed E-state index contributed by atoms with van der Waals surface area (Å²) in [6, 6.07) is 13.5. The standard InChI is InChI=1S/C23H29BrN2O2/c1-5-10-25-23(28)18(4)26(15-19-6-8-21(24)9-7-19)22(27)14-20-12-16(2)11-17(3)13-20/h6-9,11-13,18H,5,10,14-15H2,1-4H3,(H,25,28). The van der Waals surface area contributed by atoms with Gasteiger partial charge in [-0.2, -0.15) is 0 Å². The lowest BCUT2D eigenvalue weighted by Crippen LogP contribution is -2.48. The Morgan fingerprint density at radius 1 is 1.04 bits per heavy atom. The van der Waals surface area contributed by atoms with Crippen LogP contribution in [0.3, 0.4) is 0 Å². The van der Waals surface area contributed by atoms with Crippen LogP contribution in [0.25, 0.3) is 0 Å². The lowest BCUT2D eigenvalue weighted by Gasteiger charge is -2.29. The SMILES string of the molecule is CCCNC(=O)C(C)N(Cc1ccc(Br)cc1)C(=O)Cc1cc(C)cc(C)c1. The monoisotopic (exact) mass is 444 g/mol. The Bertz CT molecular complexity index is 798. The normalized spacial score (nSPS) is 11.8.